The van der Waals surface area contributed by atoms with Crippen LogP contribution in [0.25, 0.3) is 0 Å². The molecule has 16 heteroatoms. The summed E-state index contributed by atoms with van der Waals surface area (Å²) in [5.41, 5.74) is 6.43. The summed E-state index contributed by atoms with van der Waals surface area (Å²) >= 11 is 0. The molecule has 2 heterocycles. The first-order valence-corrected chi connectivity index (χ1v) is 27.3. The third kappa shape index (κ3) is 14.1. The number of nitrogens with one attached hydrogen (secondary N) is 6. The zero-order chi connectivity index (χ0) is 53.6. The Morgan fingerprint density at radius 3 is 1.33 bits per heavy atom. The van der Waals surface area contributed by atoms with Crippen molar-refractivity contribution in [2.24, 2.45) is 0 Å². The molecule has 6 amide bonds. The van der Waals surface area contributed by atoms with Crippen LogP contribution in [-0.4, -0.2) is 122 Å². The number of fused-ring (bicyclic) bond motifs is 2. The Hall–Kier alpha value is -7.04. The fourth-order valence-electron chi connectivity index (χ4n) is 10.9. The van der Waals surface area contributed by atoms with Gasteiger partial charge in [-0.25, -0.2) is 0 Å². The molecule has 0 saturated carbocycles. The lowest BCUT2D eigenvalue weighted by Crippen LogP contribution is -2.56. The number of hydrogen-bond acceptors (Lipinski definition) is 10. The van der Waals surface area contributed by atoms with E-state index in [0.29, 0.717) is 50.3 Å². The van der Waals surface area contributed by atoms with Crippen LogP contribution in [0.15, 0.2) is 109 Å². The summed E-state index contributed by atoms with van der Waals surface area (Å²) < 4.78 is 12.0. The Bertz CT molecular complexity index is 2500. The number of benzene rings is 4. The van der Waals surface area contributed by atoms with Gasteiger partial charge in [-0.3, -0.25) is 28.8 Å². The van der Waals surface area contributed by atoms with Gasteiger partial charge in [-0.15, -0.1) is 0 Å². The fourth-order valence-corrected chi connectivity index (χ4v) is 10.9. The van der Waals surface area contributed by atoms with Crippen LogP contribution in [0.2, 0.25) is 0 Å². The van der Waals surface area contributed by atoms with Gasteiger partial charge in [0.1, 0.15) is 48.9 Å². The van der Waals surface area contributed by atoms with Gasteiger partial charge in [0.05, 0.1) is 24.2 Å². The largest absolute Gasteiger partial charge is 0.490 e. The number of amides is 6. The summed E-state index contributed by atoms with van der Waals surface area (Å²) in [7, 11) is 3.38. The quantitative estimate of drug-likeness (QED) is 0.0559. The Morgan fingerprint density at radius 2 is 0.934 bits per heavy atom. The lowest BCUT2D eigenvalue weighted by atomic mass is 9.87. The molecule has 0 bridgehead atoms. The van der Waals surface area contributed by atoms with Gasteiger partial charge in [0.25, 0.3) is 0 Å². The van der Waals surface area contributed by atoms with Crippen LogP contribution in [0.1, 0.15) is 111 Å². The second kappa shape index (κ2) is 26.6. The molecule has 404 valence electrons. The molecule has 2 aliphatic carbocycles. The molecule has 8 atom stereocenters. The van der Waals surface area contributed by atoms with E-state index in [1.807, 2.05) is 84.9 Å². The van der Waals surface area contributed by atoms with E-state index in [1.165, 1.54) is 11.1 Å². The molecule has 16 nitrogen and oxygen atoms in total. The van der Waals surface area contributed by atoms with Crippen LogP contribution in [0.5, 0.6) is 11.5 Å². The van der Waals surface area contributed by atoms with Crippen molar-refractivity contribution < 1.29 is 38.2 Å². The molecule has 0 aromatic heterocycles. The van der Waals surface area contributed by atoms with Crippen LogP contribution in [0.4, 0.5) is 0 Å². The summed E-state index contributed by atoms with van der Waals surface area (Å²) in [6, 6.07) is 27.0. The molecule has 6 N–H and O–H groups in total. The van der Waals surface area contributed by atoms with E-state index in [9.17, 15) is 28.8 Å². The molecule has 76 heavy (non-hydrogen) atoms. The molecular weight excluding hydrogens is 961 g/mol. The van der Waals surface area contributed by atoms with Crippen molar-refractivity contribution in [3.8, 4) is 11.5 Å². The van der Waals surface area contributed by atoms with Gasteiger partial charge in [-0.1, -0.05) is 72.8 Å². The first-order chi connectivity index (χ1) is 36.9. The van der Waals surface area contributed by atoms with Crippen molar-refractivity contribution in [3.63, 3.8) is 0 Å². The number of rotatable bonds is 22. The number of likely N-dealkylation sites (N-methyl/N-ethyl adjacent to an activating group) is 2. The molecular formula is C60H76N8O8. The minimum Gasteiger partial charge on any atom is -0.490 e. The van der Waals surface area contributed by atoms with Gasteiger partial charge in [-0.2, -0.15) is 0 Å². The third-order valence-corrected chi connectivity index (χ3v) is 15.5. The highest BCUT2D eigenvalue weighted by atomic mass is 16.5. The maximum Gasteiger partial charge on any atom is 0.246 e. The summed E-state index contributed by atoms with van der Waals surface area (Å²) in [5, 5.41) is 18.3. The van der Waals surface area contributed by atoms with Crippen LogP contribution >= 0.6 is 0 Å². The van der Waals surface area contributed by atoms with Crippen molar-refractivity contribution in [1.29, 1.82) is 0 Å². The highest BCUT2D eigenvalue weighted by molar-refractivity contribution is 5.95. The summed E-state index contributed by atoms with van der Waals surface area (Å²) in [5.74, 6) is -0.223. The monoisotopic (exact) mass is 1040 g/mol. The van der Waals surface area contributed by atoms with E-state index in [2.05, 4.69) is 56.2 Å². The second-order valence-electron chi connectivity index (χ2n) is 20.6. The number of ether oxygens (including phenoxy) is 2. The summed E-state index contributed by atoms with van der Waals surface area (Å²) in [6.07, 6.45) is 12.4. The summed E-state index contributed by atoms with van der Waals surface area (Å²) in [4.78, 5) is 85.8. The minimum absolute atomic E-state index is 0.0950. The molecule has 4 aliphatic rings. The standard InChI is InChI=1S/C60H76N8O8/c1-39(61-3)55(69)65-51(59(73)67-33-13-23-53(67)57(71)63-49-21-11-17-43-15-5-7-19-47(43)49)37-41-25-29-45(30-26-41)75-35-9-10-36-76-46-31-27-42(28-32-46)38-52(66-56(70)40(2)62-4)60(74)68-34-14-24-54(68)58(72)64-50-22-12-18-44-16-6-8-20-48(44)50/h5-10,15-16,19-20,25-32,39-40,49-54,61-62H,11-14,17-18,21-24,33-38H2,1-4H3,(H,63,71)(H,64,72)(H,65,69)(H,66,70)/b10-9+/t39-,40-,49+,50+,51-,52-,53-,54?/m0/s1. The Labute approximate surface area is 447 Å². The molecule has 0 spiro atoms. The van der Waals surface area contributed by atoms with Crippen molar-refractivity contribution >= 4 is 35.4 Å². The average Bonchev–Trinajstić information content (AvgIpc) is 4.16. The minimum atomic E-state index is -0.876. The van der Waals surface area contributed by atoms with Gasteiger partial charge in [0, 0.05) is 25.9 Å². The topological polar surface area (TPSA) is 200 Å². The van der Waals surface area contributed by atoms with Crippen LogP contribution in [0, 0.1) is 0 Å². The highest BCUT2D eigenvalue weighted by Gasteiger charge is 2.41. The predicted molar refractivity (Wildman–Crippen MR) is 291 cm³/mol. The zero-order valence-corrected chi connectivity index (χ0v) is 44.5. The Balaban J connectivity index is 0.813. The maximum atomic E-state index is 14.3. The smallest absolute Gasteiger partial charge is 0.246 e. The number of carbonyl (C=O) groups is 6. The molecule has 0 radical (unpaired) electrons. The van der Waals surface area contributed by atoms with Crippen molar-refractivity contribution in [2.45, 2.75) is 139 Å². The fraction of sp³-hybridized carbons (Fsp3) is 0.467. The van der Waals surface area contributed by atoms with Gasteiger partial charge in [0.15, 0.2) is 0 Å². The van der Waals surface area contributed by atoms with E-state index in [0.717, 1.165) is 60.8 Å². The van der Waals surface area contributed by atoms with E-state index < -0.39 is 36.3 Å². The van der Waals surface area contributed by atoms with E-state index in [4.69, 9.17) is 9.47 Å². The van der Waals surface area contributed by atoms with Crippen LogP contribution < -0.4 is 41.4 Å². The SMILES string of the molecule is CN[C@@H](C)C(=O)N[C@@H](Cc1ccc(OC/C=C/COc2ccc(C[C@H](NC(=O)[C@H](C)NC)C(=O)N3CCC[C@H]3C(=O)N[C@@H]3CCCc4ccccc43)cc2)cc1)C(=O)N1CCCC1C(=O)N[C@@H]1CCCc2ccccc21. The summed E-state index contributed by atoms with van der Waals surface area (Å²) in [6.45, 7) is 4.92. The molecule has 2 saturated heterocycles. The molecule has 1 unspecified atom stereocenters. The van der Waals surface area contributed by atoms with Gasteiger partial charge >= 0.3 is 0 Å². The first-order valence-electron chi connectivity index (χ1n) is 27.3. The van der Waals surface area contributed by atoms with E-state index in [-0.39, 0.29) is 73.6 Å². The van der Waals surface area contributed by atoms with Crippen molar-refractivity contribution in [2.75, 3.05) is 40.4 Å². The maximum absolute atomic E-state index is 14.3. The molecule has 2 aliphatic heterocycles. The van der Waals surface area contributed by atoms with E-state index in [1.54, 1.807) is 37.7 Å². The van der Waals surface area contributed by atoms with Crippen molar-refractivity contribution in [3.05, 3.63) is 143 Å². The Morgan fingerprint density at radius 1 is 0.539 bits per heavy atom. The number of hydrogen-bond donors (Lipinski definition) is 6. The van der Waals surface area contributed by atoms with E-state index >= 15 is 0 Å². The van der Waals surface area contributed by atoms with Crippen LogP contribution in [-0.2, 0) is 54.5 Å². The number of likely N-dealkylation sites (tertiary alicyclic amines) is 2. The lowest BCUT2D eigenvalue weighted by Gasteiger charge is -2.32. The predicted octanol–water partition coefficient (Wildman–Crippen LogP) is 5.34. The zero-order valence-electron chi connectivity index (χ0n) is 44.5. The molecule has 4 aromatic rings. The number of nitrogens with zero attached hydrogens (tertiary/aromatic N) is 2. The first kappa shape index (κ1) is 55.2. The lowest BCUT2D eigenvalue weighted by molar-refractivity contribution is -0.141. The highest BCUT2D eigenvalue weighted by Crippen LogP contribution is 2.32. The second-order valence-corrected chi connectivity index (χ2v) is 20.6. The van der Waals surface area contributed by atoms with Gasteiger partial charge in [0.2, 0.25) is 35.4 Å². The molecule has 2 fully saturated rings. The molecule has 4 aromatic carbocycles. The van der Waals surface area contributed by atoms with Gasteiger partial charge in [-0.05, 0) is 162 Å². The number of aryl methyl sites for hydroxylation is 2. The third-order valence-electron chi connectivity index (χ3n) is 15.5. The average molecular weight is 1040 g/mol. The van der Waals surface area contributed by atoms with Crippen LogP contribution in [0.3, 0.4) is 0 Å². The normalized spacial score (nSPS) is 20.6. The molecule has 8 rings (SSSR count). The Kier molecular flexibility index (Phi) is 19.3. The van der Waals surface area contributed by atoms with Gasteiger partial charge < -0.3 is 51.2 Å². The number of carbonyl (C=O) groups excluding carboxylic acids is 6. The van der Waals surface area contributed by atoms with Crippen molar-refractivity contribution in [1.82, 2.24) is 41.7 Å².